The van der Waals surface area contributed by atoms with Crippen molar-refractivity contribution in [3.8, 4) is 11.5 Å². The van der Waals surface area contributed by atoms with Crippen LogP contribution >= 0.6 is 0 Å². The minimum atomic E-state index is -4.77. The molecule has 1 aliphatic rings. The number of anilines is 2. The lowest BCUT2D eigenvalue weighted by atomic mass is 10.1. The average Bonchev–Trinajstić information content (AvgIpc) is 3.29. The van der Waals surface area contributed by atoms with Crippen LogP contribution < -0.4 is 20.1 Å². The van der Waals surface area contributed by atoms with Crippen LogP contribution in [0.25, 0.3) is 0 Å². The monoisotopic (exact) mass is 432 g/mol. The number of benzene rings is 2. The largest absolute Gasteiger partial charge is 0.486 e. The van der Waals surface area contributed by atoms with Crippen molar-refractivity contribution in [1.82, 2.24) is 0 Å². The van der Waals surface area contributed by atoms with Crippen molar-refractivity contribution >= 4 is 23.2 Å². The Labute approximate surface area is 173 Å². The number of furan rings is 1. The van der Waals surface area contributed by atoms with Crippen LogP contribution in [-0.4, -0.2) is 25.0 Å². The zero-order valence-electron chi connectivity index (χ0n) is 15.8. The van der Waals surface area contributed by atoms with Crippen LogP contribution in [0.4, 0.5) is 24.5 Å². The summed E-state index contributed by atoms with van der Waals surface area (Å²) in [6.07, 6.45) is -2.33. The summed E-state index contributed by atoms with van der Waals surface area (Å²) >= 11 is 0. The first-order chi connectivity index (χ1) is 14.8. The molecule has 2 heterocycles. The SMILES string of the molecule is O=C(Nc1ccc(NC(=O)c2ccc3c(c2)OCCO3)c(C(F)(F)F)c1)c1ccoc1. The first-order valence-electron chi connectivity index (χ1n) is 9.07. The molecule has 3 aromatic rings. The van der Waals surface area contributed by atoms with E-state index in [9.17, 15) is 22.8 Å². The topological polar surface area (TPSA) is 89.8 Å². The van der Waals surface area contributed by atoms with Gasteiger partial charge in [0, 0.05) is 11.3 Å². The first-order valence-corrected chi connectivity index (χ1v) is 9.07. The zero-order valence-corrected chi connectivity index (χ0v) is 15.8. The molecule has 160 valence electrons. The van der Waals surface area contributed by atoms with E-state index in [4.69, 9.17) is 13.9 Å². The van der Waals surface area contributed by atoms with Gasteiger partial charge in [-0.1, -0.05) is 0 Å². The molecule has 0 unspecified atom stereocenters. The van der Waals surface area contributed by atoms with Gasteiger partial charge in [0.05, 0.1) is 23.1 Å². The highest BCUT2D eigenvalue weighted by Gasteiger charge is 2.34. The van der Waals surface area contributed by atoms with E-state index in [1.165, 1.54) is 42.9 Å². The van der Waals surface area contributed by atoms with E-state index in [1.54, 1.807) is 0 Å². The Bertz CT molecular complexity index is 1130. The standard InChI is InChI=1S/C21H15F3N2O5/c22-21(23,24)15-10-14(25-20(28)13-5-6-29-11-13)2-3-16(15)26-19(27)12-1-4-17-18(9-12)31-8-7-30-17/h1-6,9-11H,7-8H2,(H,25,28)(H,26,27). The molecule has 0 bridgehead atoms. The summed E-state index contributed by atoms with van der Waals surface area (Å²) < 4.78 is 56.4. The Balaban J connectivity index is 1.57. The van der Waals surface area contributed by atoms with Crippen molar-refractivity contribution in [2.45, 2.75) is 6.18 Å². The predicted molar refractivity (Wildman–Crippen MR) is 103 cm³/mol. The molecule has 0 aliphatic carbocycles. The molecule has 0 saturated heterocycles. The predicted octanol–water partition coefficient (Wildman–Crippen LogP) is 4.57. The lowest BCUT2D eigenvalue weighted by molar-refractivity contribution is -0.136. The maximum Gasteiger partial charge on any atom is 0.418 e. The molecule has 4 rings (SSSR count). The van der Waals surface area contributed by atoms with E-state index >= 15 is 0 Å². The van der Waals surface area contributed by atoms with E-state index in [0.717, 1.165) is 12.1 Å². The van der Waals surface area contributed by atoms with Gasteiger partial charge in [0.2, 0.25) is 0 Å². The maximum atomic E-state index is 13.6. The number of halogens is 3. The van der Waals surface area contributed by atoms with E-state index in [2.05, 4.69) is 10.6 Å². The molecule has 31 heavy (non-hydrogen) atoms. The van der Waals surface area contributed by atoms with Gasteiger partial charge in [-0.3, -0.25) is 9.59 Å². The summed E-state index contributed by atoms with van der Waals surface area (Å²) in [7, 11) is 0. The van der Waals surface area contributed by atoms with Gasteiger partial charge in [-0.2, -0.15) is 13.2 Å². The van der Waals surface area contributed by atoms with Crippen molar-refractivity contribution in [3.05, 3.63) is 71.7 Å². The number of hydrogen-bond donors (Lipinski definition) is 2. The molecule has 0 fully saturated rings. The molecule has 1 aromatic heterocycles. The normalized spacial score (nSPS) is 12.9. The molecule has 0 radical (unpaired) electrons. The highest BCUT2D eigenvalue weighted by Crippen LogP contribution is 2.37. The summed E-state index contributed by atoms with van der Waals surface area (Å²) in [5.74, 6) is -0.587. The summed E-state index contributed by atoms with van der Waals surface area (Å²) in [5.41, 5.74) is -1.38. The van der Waals surface area contributed by atoms with Crippen LogP contribution in [0.3, 0.4) is 0 Å². The van der Waals surface area contributed by atoms with Crippen LogP contribution in [0, 0.1) is 0 Å². The quantitative estimate of drug-likeness (QED) is 0.630. The van der Waals surface area contributed by atoms with Crippen molar-refractivity contribution < 1.29 is 36.7 Å². The maximum absolute atomic E-state index is 13.6. The van der Waals surface area contributed by atoms with E-state index in [1.807, 2.05) is 0 Å². The lowest BCUT2D eigenvalue weighted by Gasteiger charge is -2.19. The van der Waals surface area contributed by atoms with Gasteiger partial charge < -0.3 is 24.5 Å². The zero-order chi connectivity index (χ0) is 22.0. The Morgan fingerprint density at radius 2 is 1.58 bits per heavy atom. The smallest absolute Gasteiger partial charge is 0.418 e. The first kappa shape index (κ1) is 20.3. The van der Waals surface area contributed by atoms with E-state index < -0.39 is 29.2 Å². The number of amides is 2. The highest BCUT2D eigenvalue weighted by atomic mass is 19.4. The summed E-state index contributed by atoms with van der Waals surface area (Å²) in [4.78, 5) is 24.6. The minimum Gasteiger partial charge on any atom is -0.486 e. The molecule has 10 heteroatoms. The molecule has 2 N–H and O–H groups in total. The summed E-state index contributed by atoms with van der Waals surface area (Å²) in [6.45, 7) is 0.680. The van der Waals surface area contributed by atoms with Crippen molar-refractivity contribution in [2.75, 3.05) is 23.8 Å². The number of carbonyl (C=O) groups is 2. The van der Waals surface area contributed by atoms with Gasteiger partial charge in [0.15, 0.2) is 11.5 Å². The van der Waals surface area contributed by atoms with Crippen molar-refractivity contribution in [3.63, 3.8) is 0 Å². The van der Waals surface area contributed by atoms with Gasteiger partial charge in [-0.25, -0.2) is 0 Å². The lowest BCUT2D eigenvalue weighted by Crippen LogP contribution is -2.19. The third kappa shape index (κ3) is 4.47. The van der Waals surface area contributed by atoms with Gasteiger partial charge in [-0.05, 0) is 42.5 Å². The number of rotatable bonds is 4. The number of fused-ring (bicyclic) bond motifs is 1. The van der Waals surface area contributed by atoms with Crippen molar-refractivity contribution in [2.24, 2.45) is 0 Å². The highest BCUT2D eigenvalue weighted by molar-refractivity contribution is 6.06. The molecular weight excluding hydrogens is 417 g/mol. The fourth-order valence-electron chi connectivity index (χ4n) is 2.94. The second-order valence-electron chi connectivity index (χ2n) is 6.54. The Hall–Kier alpha value is -3.95. The number of alkyl halides is 3. The minimum absolute atomic E-state index is 0.0872. The number of nitrogens with one attached hydrogen (secondary N) is 2. The Kier molecular flexibility index (Phi) is 5.28. The molecule has 1 aliphatic heterocycles. The number of carbonyl (C=O) groups excluding carboxylic acids is 2. The van der Waals surface area contributed by atoms with Crippen LogP contribution in [0.1, 0.15) is 26.3 Å². The van der Waals surface area contributed by atoms with Gasteiger partial charge in [0.25, 0.3) is 11.8 Å². The van der Waals surface area contributed by atoms with E-state index in [0.29, 0.717) is 24.7 Å². The van der Waals surface area contributed by atoms with Crippen LogP contribution in [0.2, 0.25) is 0 Å². The third-order valence-electron chi connectivity index (χ3n) is 4.42. The molecule has 2 aromatic carbocycles. The van der Waals surface area contributed by atoms with Gasteiger partial charge in [0.1, 0.15) is 19.5 Å². The van der Waals surface area contributed by atoms with Gasteiger partial charge in [-0.15, -0.1) is 0 Å². The van der Waals surface area contributed by atoms with Crippen LogP contribution in [-0.2, 0) is 6.18 Å². The summed E-state index contributed by atoms with van der Waals surface area (Å²) in [5, 5.41) is 4.63. The Morgan fingerprint density at radius 3 is 2.29 bits per heavy atom. The second-order valence-corrected chi connectivity index (χ2v) is 6.54. The molecule has 0 spiro atoms. The second kappa shape index (κ2) is 8.05. The van der Waals surface area contributed by atoms with Crippen LogP contribution in [0.15, 0.2) is 59.4 Å². The van der Waals surface area contributed by atoms with Gasteiger partial charge >= 0.3 is 6.18 Å². The average molecular weight is 432 g/mol. The molecule has 7 nitrogen and oxygen atoms in total. The molecule has 2 amide bonds. The molecular formula is C21H15F3N2O5. The Morgan fingerprint density at radius 1 is 0.839 bits per heavy atom. The van der Waals surface area contributed by atoms with Crippen LogP contribution in [0.5, 0.6) is 11.5 Å². The molecule has 0 saturated carbocycles. The van der Waals surface area contributed by atoms with Crippen molar-refractivity contribution in [1.29, 1.82) is 0 Å². The fourth-order valence-corrected chi connectivity index (χ4v) is 2.94. The fraction of sp³-hybridized carbons (Fsp3) is 0.143. The van der Waals surface area contributed by atoms with E-state index in [-0.39, 0.29) is 16.8 Å². The molecule has 0 atom stereocenters. The summed E-state index contributed by atoms with van der Waals surface area (Å²) in [6, 6.07) is 8.80. The number of ether oxygens (including phenoxy) is 2. The third-order valence-corrected chi connectivity index (χ3v) is 4.42. The number of hydrogen-bond acceptors (Lipinski definition) is 5.